The van der Waals surface area contributed by atoms with Crippen molar-refractivity contribution in [3.8, 4) is 0 Å². The number of nitrogens with zero attached hydrogens (tertiary/aromatic N) is 6. The third kappa shape index (κ3) is 6.42. The first-order valence-corrected chi connectivity index (χ1v) is 11.3. The van der Waals surface area contributed by atoms with Crippen molar-refractivity contribution in [3.63, 3.8) is 0 Å². The molecule has 0 aromatic carbocycles. The summed E-state index contributed by atoms with van der Waals surface area (Å²) in [5, 5.41) is 7.40. The van der Waals surface area contributed by atoms with Crippen LogP contribution in [0.2, 0.25) is 0 Å². The molecule has 1 N–H and O–H groups in total. The zero-order valence-corrected chi connectivity index (χ0v) is 18.8. The van der Waals surface area contributed by atoms with E-state index in [4.69, 9.17) is 4.52 Å². The van der Waals surface area contributed by atoms with Crippen LogP contribution >= 0.6 is 0 Å². The van der Waals surface area contributed by atoms with E-state index in [1.54, 1.807) is 7.05 Å². The molecule has 9 nitrogen and oxygen atoms in total. The van der Waals surface area contributed by atoms with Gasteiger partial charge in [-0.05, 0) is 12.8 Å². The van der Waals surface area contributed by atoms with Crippen LogP contribution in [0.1, 0.15) is 57.2 Å². The van der Waals surface area contributed by atoms with Crippen molar-refractivity contribution >= 4 is 11.9 Å². The normalized spacial score (nSPS) is 19.3. The number of carbonyl (C=O) groups excluding carboxylic acids is 1. The van der Waals surface area contributed by atoms with Crippen LogP contribution in [0.5, 0.6) is 0 Å². The Hall–Kier alpha value is -2.16. The van der Waals surface area contributed by atoms with Gasteiger partial charge in [0, 0.05) is 65.2 Å². The molecule has 2 aliphatic rings. The largest absolute Gasteiger partial charge is 0.356 e. The third-order valence-electron chi connectivity index (χ3n) is 5.82. The van der Waals surface area contributed by atoms with Crippen LogP contribution in [-0.2, 0) is 11.2 Å². The van der Waals surface area contributed by atoms with Crippen molar-refractivity contribution < 1.29 is 9.32 Å². The Balaban J connectivity index is 1.38. The molecule has 9 heteroatoms. The lowest BCUT2D eigenvalue weighted by Gasteiger charge is -2.36. The van der Waals surface area contributed by atoms with E-state index in [0.29, 0.717) is 25.4 Å². The van der Waals surface area contributed by atoms with Gasteiger partial charge in [-0.3, -0.25) is 14.7 Å². The number of aromatic nitrogens is 2. The first-order chi connectivity index (χ1) is 14.6. The number of piperazine rings is 1. The minimum atomic E-state index is 0.269. The molecule has 30 heavy (non-hydrogen) atoms. The van der Waals surface area contributed by atoms with E-state index in [1.807, 2.05) is 0 Å². The predicted molar refractivity (Wildman–Crippen MR) is 117 cm³/mol. The van der Waals surface area contributed by atoms with Gasteiger partial charge in [0.2, 0.25) is 11.8 Å². The summed E-state index contributed by atoms with van der Waals surface area (Å²) in [5.74, 6) is 2.84. The van der Waals surface area contributed by atoms with Crippen LogP contribution in [0.3, 0.4) is 0 Å². The standard InChI is InChI=1S/C21H37N7O2/c1-17(2)20-24-18(30-25-20)8-9-23-21(22-3)28-14-12-26(13-15-28)16-19(29)27-10-6-4-5-7-11-27/h17H,4-16H2,1-3H3,(H,22,23). The minimum absolute atomic E-state index is 0.269. The predicted octanol–water partition coefficient (Wildman–Crippen LogP) is 1.33. The number of hydrogen-bond donors (Lipinski definition) is 1. The van der Waals surface area contributed by atoms with Crippen molar-refractivity contribution in [1.82, 2.24) is 30.2 Å². The van der Waals surface area contributed by atoms with Gasteiger partial charge in [-0.2, -0.15) is 4.98 Å². The number of guanidine groups is 1. The second-order valence-electron chi connectivity index (χ2n) is 8.48. The Morgan fingerprint density at radius 2 is 1.77 bits per heavy atom. The molecule has 1 aromatic heterocycles. The molecule has 0 aliphatic carbocycles. The molecule has 0 spiro atoms. The lowest BCUT2D eigenvalue weighted by Crippen LogP contribution is -2.54. The fourth-order valence-corrected chi connectivity index (χ4v) is 3.95. The minimum Gasteiger partial charge on any atom is -0.356 e. The van der Waals surface area contributed by atoms with Gasteiger partial charge in [-0.1, -0.05) is 31.8 Å². The van der Waals surface area contributed by atoms with Gasteiger partial charge in [0.1, 0.15) is 0 Å². The summed E-state index contributed by atoms with van der Waals surface area (Å²) in [4.78, 5) is 28.0. The van der Waals surface area contributed by atoms with Crippen molar-refractivity contribution in [2.24, 2.45) is 4.99 Å². The molecule has 3 rings (SSSR count). The highest BCUT2D eigenvalue weighted by molar-refractivity contribution is 5.80. The highest BCUT2D eigenvalue weighted by Gasteiger charge is 2.23. The molecule has 0 bridgehead atoms. The van der Waals surface area contributed by atoms with Crippen LogP contribution in [-0.4, -0.2) is 96.1 Å². The number of hydrogen-bond acceptors (Lipinski definition) is 6. The Kier molecular flexibility index (Phi) is 8.48. The van der Waals surface area contributed by atoms with Crippen molar-refractivity contribution in [2.45, 2.75) is 51.9 Å². The monoisotopic (exact) mass is 419 g/mol. The molecule has 1 aromatic rings. The fourth-order valence-electron chi connectivity index (χ4n) is 3.95. The van der Waals surface area contributed by atoms with Crippen LogP contribution in [0.4, 0.5) is 0 Å². The molecular weight excluding hydrogens is 382 g/mol. The van der Waals surface area contributed by atoms with Crippen LogP contribution in [0.25, 0.3) is 0 Å². The molecular formula is C21H37N7O2. The van der Waals surface area contributed by atoms with E-state index in [1.165, 1.54) is 12.8 Å². The summed E-state index contributed by atoms with van der Waals surface area (Å²) in [6.45, 7) is 10.7. The lowest BCUT2D eigenvalue weighted by molar-refractivity contribution is -0.132. The second-order valence-corrected chi connectivity index (χ2v) is 8.48. The van der Waals surface area contributed by atoms with Crippen molar-refractivity contribution in [2.75, 3.05) is 59.4 Å². The zero-order chi connectivity index (χ0) is 21.3. The maximum atomic E-state index is 12.6. The van der Waals surface area contributed by atoms with E-state index in [2.05, 4.69) is 49.0 Å². The number of rotatable bonds is 6. The Morgan fingerprint density at radius 3 is 2.37 bits per heavy atom. The van der Waals surface area contributed by atoms with E-state index in [-0.39, 0.29) is 11.8 Å². The van der Waals surface area contributed by atoms with Gasteiger partial charge in [0.15, 0.2) is 11.8 Å². The molecule has 168 valence electrons. The summed E-state index contributed by atoms with van der Waals surface area (Å²) in [6, 6.07) is 0. The molecule has 2 aliphatic heterocycles. The number of amides is 1. The average Bonchev–Trinajstić information content (AvgIpc) is 3.05. The Bertz CT molecular complexity index is 687. The third-order valence-corrected chi connectivity index (χ3v) is 5.82. The molecule has 1 amide bonds. The van der Waals surface area contributed by atoms with E-state index in [0.717, 1.165) is 63.9 Å². The molecule has 0 unspecified atom stereocenters. The van der Waals surface area contributed by atoms with E-state index >= 15 is 0 Å². The molecule has 2 saturated heterocycles. The highest BCUT2D eigenvalue weighted by atomic mass is 16.5. The van der Waals surface area contributed by atoms with Gasteiger partial charge in [-0.25, -0.2) is 0 Å². The molecule has 2 fully saturated rings. The van der Waals surface area contributed by atoms with Crippen LogP contribution < -0.4 is 5.32 Å². The second kappa shape index (κ2) is 11.3. The van der Waals surface area contributed by atoms with Crippen LogP contribution in [0.15, 0.2) is 9.52 Å². The molecule has 3 heterocycles. The summed E-state index contributed by atoms with van der Waals surface area (Å²) in [7, 11) is 1.81. The first kappa shape index (κ1) is 22.5. The Morgan fingerprint density at radius 1 is 1.07 bits per heavy atom. The highest BCUT2D eigenvalue weighted by Crippen LogP contribution is 2.11. The summed E-state index contributed by atoms with van der Waals surface area (Å²) >= 11 is 0. The number of nitrogens with one attached hydrogen (secondary N) is 1. The van der Waals surface area contributed by atoms with Gasteiger partial charge in [0.05, 0.1) is 6.54 Å². The molecule has 0 saturated carbocycles. The lowest BCUT2D eigenvalue weighted by atomic mass is 10.2. The SMILES string of the molecule is CN=C(NCCc1nc(C(C)C)no1)N1CCN(CC(=O)N2CCCCCC2)CC1. The quantitative estimate of drug-likeness (QED) is 0.549. The van der Waals surface area contributed by atoms with E-state index in [9.17, 15) is 4.79 Å². The number of carbonyl (C=O) groups is 1. The van der Waals surface area contributed by atoms with Crippen molar-refractivity contribution in [3.05, 3.63) is 11.7 Å². The molecule has 0 radical (unpaired) electrons. The Labute approximate surface area is 179 Å². The topological polar surface area (TPSA) is 90.1 Å². The fraction of sp³-hybridized carbons (Fsp3) is 0.810. The zero-order valence-electron chi connectivity index (χ0n) is 18.8. The summed E-state index contributed by atoms with van der Waals surface area (Å²) in [6.07, 6.45) is 5.46. The van der Waals surface area contributed by atoms with Crippen molar-refractivity contribution in [1.29, 1.82) is 0 Å². The number of likely N-dealkylation sites (tertiary alicyclic amines) is 1. The van der Waals surface area contributed by atoms with E-state index < -0.39 is 0 Å². The maximum absolute atomic E-state index is 12.6. The summed E-state index contributed by atoms with van der Waals surface area (Å²) in [5.41, 5.74) is 0. The van der Waals surface area contributed by atoms with Gasteiger partial charge in [-0.15, -0.1) is 0 Å². The average molecular weight is 420 g/mol. The number of aliphatic imine (C=N–C) groups is 1. The van der Waals surface area contributed by atoms with Gasteiger partial charge in [0.25, 0.3) is 0 Å². The van der Waals surface area contributed by atoms with Crippen LogP contribution in [0, 0.1) is 0 Å². The molecule has 0 atom stereocenters. The van der Waals surface area contributed by atoms with Gasteiger partial charge >= 0.3 is 0 Å². The maximum Gasteiger partial charge on any atom is 0.236 e. The summed E-state index contributed by atoms with van der Waals surface area (Å²) < 4.78 is 5.30. The van der Waals surface area contributed by atoms with Gasteiger partial charge < -0.3 is 19.6 Å². The first-order valence-electron chi connectivity index (χ1n) is 11.3. The smallest absolute Gasteiger partial charge is 0.236 e.